The molecular weight excluding hydrogens is 220 g/mol. The Morgan fingerprint density at radius 1 is 1.53 bits per heavy atom. The molecule has 1 aromatic rings. The Morgan fingerprint density at radius 3 is 2.82 bits per heavy atom. The van der Waals surface area contributed by atoms with Crippen molar-refractivity contribution in [1.29, 1.82) is 0 Å². The number of carbonyl (C=O) groups excluding carboxylic acids is 1. The van der Waals surface area contributed by atoms with Gasteiger partial charge in [-0.3, -0.25) is 4.79 Å². The third-order valence-electron chi connectivity index (χ3n) is 1.61. The highest BCUT2D eigenvalue weighted by Crippen LogP contribution is 2.13. The van der Waals surface area contributed by atoms with Crippen molar-refractivity contribution >= 4 is 11.6 Å². The summed E-state index contributed by atoms with van der Waals surface area (Å²) >= 11 is 0. The Kier molecular flexibility index (Phi) is 8.68. The number of nitrogens with one attached hydrogen (secondary N) is 1. The summed E-state index contributed by atoms with van der Waals surface area (Å²) in [5.74, 6) is 0.303. The predicted octanol–water partition coefficient (Wildman–Crippen LogP) is 1.83. The standard InChI is InChI=1S/C10H14N2O3.C2H6/c1-8(14)12-9-3-4-11-10(7-9)15-6-2-5-13;1-2/h3-4,7,13H,2,5-6H2,1H3,(H,11,12,14);1-2H3. The van der Waals surface area contributed by atoms with Gasteiger partial charge in [-0.05, 0) is 6.07 Å². The molecule has 0 spiro atoms. The molecule has 0 atom stereocenters. The maximum Gasteiger partial charge on any atom is 0.221 e. The lowest BCUT2D eigenvalue weighted by atomic mass is 10.4. The predicted molar refractivity (Wildman–Crippen MR) is 67.1 cm³/mol. The monoisotopic (exact) mass is 240 g/mol. The van der Waals surface area contributed by atoms with Gasteiger partial charge in [0.05, 0.1) is 6.61 Å². The first-order chi connectivity index (χ1) is 8.22. The van der Waals surface area contributed by atoms with Gasteiger partial charge in [0.1, 0.15) is 0 Å². The summed E-state index contributed by atoms with van der Waals surface area (Å²) in [5, 5.41) is 11.2. The zero-order valence-electron chi connectivity index (χ0n) is 10.6. The van der Waals surface area contributed by atoms with Gasteiger partial charge in [-0.15, -0.1) is 0 Å². The molecule has 1 rings (SSSR count). The van der Waals surface area contributed by atoms with E-state index >= 15 is 0 Å². The first-order valence-corrected chi connectivity index (χ1v) is 5.69. The Hall–Kier alpha value is -1.62. The molecule has 0 radical (unpaired) electrons. The second-order valence-electron chi connectivity index (χ2n) is 2.99. The van der Waals surface area contributed by atoms with Crippen LogP contribution in [0.2, 0.25) is 0 Å². The molecule has 0 unspecified atom stereocenters. The minimum absolute atomic E-state index is 0.0887. The molecule has 0 aliphatic carbocycles. The number of pyridine rings is 1. The van der Waals surface area contributed by atoms with Gasteiger partial charge in [0.25, 0.3) is 0 Å². The minimum atomic E-state index is -0.137. The molecule has 0 aliphatic heterocycles. The van der Waals surface area contributed by atoms with Crippen molar-refractivity contribution in [3.05, 3.63) is 18.3 Å². The van der Waals surface area contributed by atoms with Crippen molar-refractivity contribution in [3.63, 3.8) is 0 Å². The topological polar surface area (TPSA) is 71.5 Å². The normalized spacial score (nSPS) is 8.94. The molecule has 0 aliphatic rings. The Labute approximate surface area is 102 Å². The molecule has 0 saturated carbocycles. The van der Waals surface area contributed by atoms with E-state index in [4.69, 9.17) is 9.84 Å². The van der Waals surface area contributed by atoms with Gasteiger partial charge < -0.3 is 15.2 Å². The molecular formula is C12H20N2O3. The Bertz CT molecular complexity index is 329. The van der Waals surface area contributed by atoms with E-state index in [1.807, 2.05) is 13.8 Å². The zero-order chi connectivity index (χ0) is 13.1. The zero-order valence-corrected chi connectivity index (χ0v) is 10.6. The second kappa shape index (κ2) is 9.59. The summed E-state index contributed by atoms with van der Waals surface area (Å²) in [7, 11) is 0. The fraction of sp³-hybridized carbons (Fsp3) is 0.500. The van der Waals surface area contributed by atoms with Gasteiger partial charge in [-0.2, -0.15) is 0 Å². The van der Waals surface area contributed by atoms with Crippen LogP contribution in [0.5, 0.6) is 5.88 Å². The summed E-state index contributed by atoms with van der Waals surface area (Å²) in [5.41, 5.74) is 0.650. The lowest BCUT2D eigenvalue weighted by Gasteiger charge is -2.06. The van der Waals surface area contributed by atoms with Gasteiger partial charge >= 0.3 is 0 Å². The first-order valence-electron chi connectivity index (χ1n) is 5.69. The van der Waals surface area contributed by atoms with Crippen LogP contribution in [-0.2, 0) is 4.79 Å². The van der Waals surface area contributed by atoms with Gasteiger partial charge in [-0.1, -0.05) is 13.8 Å². The maximum atomic E-state index is 10.8. The molecule has 5 heteroatoms. The van der Waals surface area contributed by atoms with E-state index in [0.29, 0.717) is 24.6 Å². The molecule has 1 aromatic heterocycles. The fourth-order valence-corrected chi connectivity index (χ4v) is 1.01. The van der Waals surface area contributed by atoms with E-state index in [1.165, 1.54) is 6.92 Å². The summed E-state index contributed by atoms with van der Waals surface area (Å²) in [6.45, 7) is 5.94. The van der Waals surface area contributed by atoms with Crippen LogP contribution in [0.25, 0.3) is 0 Å². The Balaban J connectivity index is 0.00000121. The van der Waals surface area contributed by atoms with Crippen LogP contribution in [0.15, 0.2) is 18.3 Å². The number of carbonyl (C=O) groups is 1. The molecule has 0 aromatic carbocycles. The van der Waals surface area contributed by atoms with Crippen molar-refractivity contribution in [2.24, 2.45) is 0 Å². The molecule has 0 bridgehead atoms. The van der Waals surface area contributed by atoms with Crippen LogP contribution in [-0.4, -0.2) is 29.2 Å². The summed E-state index contributed by atoms with van der Waals surface area (Å²) < 4.78 is 5.25. The summed E-state index contributed by atoms with van der Waals surface area (Å²) in [6.07, 6.45) is 2.12. The first kappa shape index (κ1) is 15.4. The highest BCUT2D eigenvalue weighted by molar-refractivity contribution is 5.88. The number of rotatable bonds is 5. The van der Waals surface area contributed by atoms with E-state index in [9.17, 15) is 4.79 Å². The van der Waals surface area contributed by atoms with Crippen molar-refractivity contribution in [1.82, 2.24) is 4.98 Å². The number of aromatic nitrogens is 1. The average molecular weight is 240 g/mol. The molecule has 17 heavy (non-hydrogen) atoms. The largest absolute Gasteiger partial charge is 0.478 e. The molecule has 0 saturated heterocycles. The summed E-state index contributed by atoms with van der Waals surface area (Å²) in [4.78, 5) is 14.7. The van der Waals surface area contributed by atoms with Crippen molar-refractivity contribution in [2.75, 3.05) is 18.5 Å². The maximum absolute atomic E-state index is 10.8. The molecule has 1 amide bonds. The van der Waals surface area contributed by atoms with Crippen LogP contribution in [0.1, 0.15) is 27.2 Å². The van der Waals surface area contributed by atoms with Gasteiger partial charge in [0.15, 0.2) is 0 Å². The second-order valence-corrected chi connectivity index (χ2v) is 2.99. The van der Waals surface area contributed by atoms with Crippen LogP contribution >= 0.6 is 0 Å². The number of ether oxygens (including phenoxy) is 1. The third-order valence-corrected chi connectivity index (χ3v) is 1.61. The van der Waals surface area contributed by atoms with Gasteiger partial charge in [-0.25, -0.2) is 4.98 Å². The van der Waals surface area contributed by atoms with Crippen molar-refractivity contribution in [2.45, 2.75) is 27.2 Å². The number of anilines is 1. The number of amides is 1. The highest BCUT2D eigenvalue weighted by Gasteiger charge is 1.99. The molecule has 96 valence electrons. The average Bonchev–Trinajstić information content (AvgIpc) is 2.32. The van der Waals surface area contributed by atoms with Gasteiger partial charge in [0.2, 0.25) is 11.8 Å². The van der Waals surface area contributed by atoms with Crippen LogP contribution in [0.3, 0.4) is 0 Å². The SMILES string of the molecule is CC.CC(=O)Nc1ccnc(OCCCO)c1. The highest BCUT2D eigenvalue weighted by atomic mass is 16.5. The van der Waals surface area contributed by atoms with Gasteiger partial charge in [0, 0.05) is 37.9 Å². The van der Waals surface area contributed by atoms with E-state index in [-0.39, 0.29) is 12.5 Å². The number of aliphatic hydroxyl groups excluding tert-OH is 1. The Morgan fingerprint density at radius 2 is 2.24 bits per heavy atom. The van der Waals surface area contributed by atoms with E-state index < -0.39 is 0 Å². The lowest BCUT2D eigenvalue weighted by Crippen LogP contribution is -2.06. The van der Waals surface area contributed by atoms with E-state index in [2.05, 4.69) is 10.3 Å². The number of hydrogen-bond donors (Lipinski definition) is 2. The molecule has 2 N–H and O–H groups in total. The number of hydrogen-bond acceptors (Lipinski definition) is 4. The van der Waals surface area contributed by atoms with E-state index in [1.54, 1.807) is 18.3 Å². The number of nitrogens with zero attached hydrogens (tertiary/aromatic N) is 1. The molecule has 1 heterocycles. The lowest BCUT2D eigenvalue weighted by molar-refractivity contribution is -0.114. The van der Waals surface area contributed by atoms with Crippen LogP contribution in [0, 0.1) is 0 Å². The van der Waals surface area contributed by atoms with Crippen molar-refractivity contribution < 1.29 is 14.6 Å². The van der Waals surface area contributed by atoms with Crippen LogP contribution in [0.4, 0.5) is 5.69 Å². The van der Waals surface area contributed by atoms with E-state index in [0.717, 1.165) is 0 Å². The van der Waals surface area contributed by atoms with Crippen molar-refractivity contribution in [3.8, 4) is 5.88 Å². The molecule has 0 fully saturated rings. The smallest absolute Gasteiger partial charge is 0.221 e. The quantitative estimate of drug-likeness (QED) is 0.770. The third kappa shape index (κ3) is 7.30. The minimum Gasteiger partial charge on any atom is -0.478 e. The van der Waals surface area contributed by atoms with Crippen LogP contribution < -0.4 is 10.1 Å². The molecule has 5 nitrogen and oxygen atoms in total. The fourth-order valence-electron chi connectivity index (χ4n) is 1.01. The summed E-state index contributed by atoms with van der Waals surface area (Å²) in [6, 6.07) is 3.32. The number of aliphatic hydroxyl groups is 1.